The van der Waals surface area contributed by atoms with E-state index in [1.807, 2.05) is 19.2 Å². The van der Waals surface area contributed by atoms with Gasteiger partial charge in [-0.05, 0) is 36.1 Å². The number of urea groups is 1. The van der Waals surface area contributed by atoms with Gasteiger partial charge in [-0.1, -0.05) is 80.7 Å². The molecule has 12 nitrogen and oxygen atoms in total. The second-order valence-electron chi connectivity index (χ2n) is 8.17. The maximum atomic E-state index is 11.5. The number of nitrogens with one attached hydrogen (secondary N) is 1. The van der Waals surface area contributed by atoms with Gasteiger partial charge in [0.25, 0.3) is 0 Å². The second kappa shape index (κ2) is 18.4. The van der Waals surface area contributed by atoms with Gasteiger partial charge >= 0.3 is 29.9 Å². The summed E-state index contributed by atoms with van der Waals surface area (Å²) in [6, 6.07) is 6.28. The molecule has 0 bridgehead atoms. The molecule has 0 aliphatic heterocycles. The molecule has 2 aromatic rings. The van der Waals surface area contributed by atoms with Crippen molar-refractivity contribution in [2.24, 2.45) is 5.73 Å². The van der Waals surface area contributed by atoms with E-state index in [4.69, 9.17) is 15.9 Å². The number of alkyl halides is 1. The summed E-state index contributed by atoms with van der Waals surface area (Å²) in [4.78, 5) is 67.1. The first-order valence-corrected chi connectivity index (χ1v) is 12.9. The van der Waals surface area contributed by atoms with Crippen molar-refractivity contribution in [1.29, 1.82) is 0 Å². The number of carboxylic acids is 4. The first kappa shape index (κ1) is 39.2. The Balaban J connectivity index is 0. The Morgan fingerprint density at radius 2 is 1.05 bits per heavy atom. The molecule has 0 atom stereocenters. The molecular weight excluding hydrogens is 628 g/mol. The molecule has 0 aliphatic rings. The third-order valence-corrected chi connectivity index (χ3v) is 7.05. The van der Waals surface area contributed by atoms with Crippen LogP contribution in [0.2, 0.25) is 0 Å². The van der Waals surface area contributed by atoms with Crippen LogP contribution in [0.4, 0.5) is 4.79 Å². The zero-order valence-electron chi connectivity index (χ0n) is 22.9. The Hall–Kier alpha value is -3.97. The minimum Gasteiger partial charge on any atom is -0.478 e. The van der Waals surface area contributed by atoms with E-state index in [1.165, 1.54) is 37.1 Å². The Labute approximate surface area is 251 Å². The van der Waals surface area contributed by atoms with Crippen LogP contribution in [0.5, 0.6) is 0 Å². The SMILES string of the molecule is CCC(Br)(CC)C(=O)NC(N)=O.CCCC.Cl.O=C(O)c1cccc(-c2cccc(C(=O)O)c2C(=O)O)c1C(=O)O. The predicted octanol–water partition coefficient (Wildman–Crippen LogP) is 5.51. The largest absolute Gasteiger partial charge is 0.478 e. The van der Waals surface area contributed by atoms with Crippen molar-refractivity contribution in [2.45, 2.75) is 57.7 Å². The number of carboxylic acid groups (broad SMARTS) is 4. The molecule has 2 aromatic carbocycles. The molecule has 7 N–H and O–H groups in total. The van der Waals surface area contributed by atoms with Crippen LogP contribution in [-0.4, -0.2) is 60.6 Å². The first-order valence-electron chi connectivity index (χ1n) is 12.1. The summed E-state index contributed by atoms with van der Waals surface area (Å²) >= 11 is 3.26. The fraction of sp³-hybridized carbons (Fsp3) is 0.333. The maximum Gasteiger partial charge on any atom is 0.337 e. The van der Waals surface area contributed by atoms with Gasteiger partial charge in [0.2, 0.25) is 5.91 Å². The van der Waals surface area contributed by atoms with Gasteiger partial charge in [-0.3, -0.25) is 10.1 Å². The Bertz CT molecular complexity index is 1190. The van der Waals surface area contributed by atoms with E-state index in [0.717, 1.165) is 12.1 Å². The summed E-state index contributed by atoms with van der Waals surface area (Å²) in [6.07, 6.45) is 3.87. The number of carbonyl (C=O) groups excluding carboxylic acids is 2. The molecule has 0 aliphatic carbocycles. The summed E-state index contributed by atoms with van der Waals surface area (Å²) in [7, 11) is 0. The molecule has 0 heterocycles. The molecule has 0 saturated carbocycles. The summed E-state index contributed by atoms with van der Waals surface area (Å²) in [5, 5.41) is 39.0. The maximum absolute atomic E-state index is 11.5. The molecule has 0 spiro atoms. The van der Waals surface area contributed by atoms with Gasteiger partial charge in [0.1, 0.15) is 4.32 Å². The summed E-state index contributed by atoms with van der Waals surface area (Å²) < 4.78 is -0.665. The zero-order valence-corrected chi connectivity index (χ0v) is 25.3. The average molecular weight is 662 g/mol. The standard InChI is InChI=1S/C16H10O8.C7H13BrN2O2.C4H10.ClH/c17-13(18)9-5-1-3-7(11(9)15(21)22)8-4-2-6-10(14(19)20)12(8)16(23)24;1-3-7(8,4-2)5(11)10-6(9)12;1-3-4-2;/h1-6H,(H,17,18)(H,19,20)(H,21,22)(H,23,24);3-4H2,1-2H3,(H3,9,10,11,12);3-4H2,1-2H3;1H. The van der Waals surface area contributed by atoms with Crippen LogP contribution >= 0.6 is 28.3 Å². The summed E-state index contributed by atoms with van der Waals surface area (Å²) in [5.41, 5.74) is 2.13. The van der Waals surface area contributed by atoms with Crippen LogP contribution in [0.1, 0.15) is 94.8 Å². The van der Waals surface area contributed by atoms with E-state index < -0.39 is 56.5 Å². The van der Waals surface area contributed by atoms with Crippen LogP contribution in [0.15, 0.2) is 36.4 Å². The molecular formula is C27H34BrClN2O10. The van der Waals surface area contributed by atoms with Crippen molar-refractivity contribution in [3.05, 3.63) is 58.7 Å². The minimum atomic E-state index is -1.57. The van der Waals surface area contributed by atoms with E-state index in [0.29, 0.717) is 12.8 Å². The number of primary amides is 1. The highest BCUT2D eigenvalue weighted by Crippen LogP contribution is 2.31. The number of hydrogen-bond acceptors (Lipinski definition) is 6. The lowest BCUT2D eigenvalue weighted by molar-refractivity contribution is -0.122. The lowest BCUT2D eigenvalue weighted by atomic mass is 9.90. The topological polar surface area (TPSA) is 221 Å². The molecule has 14 heteroatoms. The van der Waals surface area contributed by atoms with Crippen molar-refractivity contribution in [2.75, 3.05) is 0 Å². The number of aromatic carboxylic acids is 4. The third kappa shape index (κ3) is 11.2. The predicted molar refractivity (Wildman–Crippen MR) is 158 cm³/mol. The van der Waals surface area contributed by atoms with Crippen LogP contribution in [-0.2, 0) is 4.79 Å². The van der Waals surface area contributed by atoms with Crippen LogP contribution in [0, 0.1) is 0 Å². The summed E-state index contributed by atoms with van der Waals surface area (Å²) in [6.45, 7) is 8.08. The number of hydrogen-bond donors (Lipinski definition) is 6. The van der Waals surface area contributed by atoms with Gasteiger partial charge in [0.15, 0.2) is 0 Å². The average Bonchev–Trinajstić information content (AvgIpc) is 2.91. The molecule has 41 heavy (non-hydrogen) atoms. The van der Waals surface area contributed by atoms with Gasteiger partial charge in [-0.25, -0.2) is 24.0 Å². The van der Waals surface area contributed by atoms with E-state index in [1.54, 1.807) is 0 Å². The van der Waals surface area contributed by atoms with Crippen molar-refractivity contribution in [3.63, 3.8) is 0 Å². The quantitative estimate of drug-likeness (QED) is 0.185. The highest BCUT2D eigenvalue weighted by Gasteiger charge is 2.32. The van der Waals surface area contributed by atoms with E-state index in [9.17, 15) is 39.0 Å². The number of unbranched alkanes of at least 4 members (excludes halogenated alkanes) is 1. The number of rotatable bonds is 9. The molecule has 0 unspecified atom stereocenters. The molecule has 2 rings (SSSR count). The molecule has 0 aromatic heterocycles. The highest BCUT2D eigenvalue weighted by atomic mass is 79.9. The molecule has 3 amide bonds. The molecule has 0 fully saturated rings. The lowest BCUT2D eigenvalue weighted by Crippen LogP contribution is -2.46. The molecule has 0 radical (unpaired) electrons. The van der Waals surface area contributed by atoms with Crippen molar-refractivity contribution < 1.29 is 49.2 Å². The normalized spacial score (nSPS) is 9.88. The highest BCUT2D eigenvalue weighted by molar-refractivity contribution is 9.10. The van der Waals surface area contributed by atoms with E-state index in [2.05, 4.69) is 29.8 Å². The van der Waals surface area contributed by atoms with Gasteiger partial charge in [0.05, 0.1) is 22.3 Å². The number of benzene rings is 2. The van der Waals surface area contributed by atoms with Crippen LogP contribution in [0.25, 0.3) is 11.1 Å². The van der Waals surface area contributed by atoms with Gasteiger partial charge in [-0.15, -0.1) is 12.4 Å². The smallest absolute Gasteiger partial charge is 0.337 e. The van der Waals surface area contributed by atoms with Crippen molar-refractivity contribution in [1.82, 2.24) is 5.32 Å². The van der Waals surface area contributed by atoms with Crippen LogP contribution < -0.4 is 11.1 Å². The van der Waals surface area contributed by atoms with Gasteiger partial charge < -0.3 is 26.2 Å². The van der Waals surface area contributed by atoms with E-state index in [-0.39, 0.29) is 29.4 Å². The fourth-order valence-corrected chi connectivity index (χ4v) is 3.26. The number of halogens is 2. The Morgan fingerprint density at radius 3 is 1.27 bits per heavy atom. The molecule has 226 valence electrons. The number of nitrogens with two attached hydrogens (primary N) is 1. The third-order valence-electron chi connectivity index (χ3n) is 5.57. The van der Waals surface area contributed by atoms with Crippen LogP contribution in [0.3, 0.4) is 0 Å². The fourth-order valence-electron chi connectivity index (χ4n) is 3.17. The minimum absolute atomic E-state index is 0. The Morgan fingerprint density at radius 1 is 0.707 bits per heavy atom. The number of imide groups is 1. The zero-order chi connectivity index (χ0) is 31.2. The van der Waals surface area contributed by atoms with E-state index >= 15 is 0 Å². The first-order chi connectivity index (χ1) is 18.6. The number of amides is 3. The lowest BCUT2D eigenvalue weighted by Gasteiger charge is -2.21. The van der Waals surface area contributed by atoms with Gasteiger partial charge in [0, 0.05) is 0 Å². The second-order valence-corrected chi connectivity index (χ2v) is 9.69. The summed E-state index contributed by atoms with van der Waals surface area (Å²) in [5.74, 6) is -6.51. The molecule has 0 saturated heterocycles. The van der Waals surface area contributed by atoms with Gasteiger partial charge in [-0.2, -0.15) is 0 Å². The Kier molecular flexibility index (Phi) is 17.6. The number of carbonyl (C=O) groups is 6. The van der Waals surface area contributed by atoms with Crippen molar-refractivity contribution in [3.8, 4) is 11.1 Å². The van der Waals surface area contributed by atoms with Crippen molar-refractivity contribution >= 4 is 64.2 Å². The monoisotopic (exact) mass is 660 g/mol.